The number of halogens is 1. The minimum atomic E-state index is -0.269. The standard InChI is InChI=1S/C24H21FN6/c25-19-3-5-20(6-4-19)28-24-21-16-31(15-17-7-11-26-12-8-17)13-9-22(21)29-23(30-24)18-2-1-10-27-14-18/h1-8,10-12,14H,9,13,15-16H2,(H,28,29,30). The van der Waals surface area contributed by atoms with Gasteiger partial charge in [0.2, 0.25) is 0 Å². The maximum atomic E-state index is 13.4. The molecule has 154 valence electrons. The van der Waals surface area contributed by atoms with Crippen molar-refractivity contribution in [1.82, 2.24) is 24.8 Å². The highest BCUT2D eigenvalue weighted by Gasteiger charge is 2.23. The summed E-state index contributed by atoms with van der Waals surface area (Å²) in [5.74, 6) is 1.11. The number of fused-ring (bicyclic) bond motifs is 1. The van der Waals surface area contributed by atoms with E-state index in [4.69, 9.17) is 9.97 Å². The fourth-order valence-corrected chi connectivity index (χ4v) is 3.75. The quantitative estimate of drug-likeness (QED) is 0.525. The zero-order chi connectivity index (χ0) is 21.0. The van der Waals surface area contributed by atoms with Crippen LogP contribution in [0.15, 0.2) is 73.3 Å². The first-order valence-corrected chi connectivity index (χ1v) is 10.2. The van der Waals surface area contributed by atoms with Crippen molar-refractivity contribution >= 4 is 11.5 Å². The lowest BCUT2D eigenvalue weighted by molar-refractivity contribution is 0.243. The van der Waals surface area contributed by atoms with Gasteiger partial charge in [-0.15, -0.1) is 0 Å². The summed E-state index contributed by atoms with van der Waals surface area (Å²) in [6.07, 6.45) is 7.96. The molecule has 3 aromatic heterocycles. The predicted octanol–water partition coefficient (Wildman–Crippen LogP) is 4.37. The van der Waals surface area contributed by atoms with E-state index in [-0.39, 0.29) is 5.82 Å². The third kappa shape index (κ3) is 4.41. The molecule has 0 spiro atoms. The van der Waals surface area contributed by atoms with Crippen LogP contribution in [-0.2, 0) is 19.5 Å². The van der Waals surface area contributed by atoms with E-state index in [0.717, 1.165) is 54.4 Å². The van der Waals surface area contributed by atoms with Crippen molar-refractivity contribution in [1.29, 1.82) is 0 Å². The lowest BCUT2D eigenvalue weighted by Crippen LogP contribution is -2.31. The maximum absolute atomic E-state index is 13.4. The largest absolute Gasteiger partial charge is 0.340 e. The first kappa shape index (κ1) is 19.3. The van der Waals surface area contributed by atoms with Gasteiger partial charge < -0.3 is 5.32 Å². The Morgan fingerprint density at radius 2 is 1.77 bits per heavy atom. The van der Waals surface area contributed by atoms with Crippen LogP contribution in [0, 0.1) is 5.82 Å². The normalized spacial score (nSPS) is 13.6. The van der Waals surface area contributed by atoms with E-state index in [2.05, 4.69) is 20.2 Å². The molecule has 0 saturated carbocycles. The van der Waals surface area contributed by atoms with Crippen LogP contribution in [-0.4, -0.2) is 31.4 Å². The summed E-state index contributed by atoms with van der Waals surface area (Å²) in [5, 5.41) is 3.38. The second-order valence-corrected chi connectivity index (χ2v) is 7.51. The van der Waals surface area contributed by atoms with E-state index in [1.807, 2.05) is 36.7 Å². The van der Waals surface area contributed by atoms with Gasteiger partial charge in [-0.25, -0.2) is 14.4 Å². The number of anilines is 2. The Bertz CT molecular complexity index is 1170. The molecule has 6 nitrogen and oxygen atoms in total. The minimum absolute atomic E-state index is 0.269. The van der Waals surface area contributed by atoms with Gasteiger partial charge in [0, 0.05) is 67.7 Å². The average Bonchev–Trinajstić information content (AvgIpc) is 2.82. The molecule has 0 saturated heterocycles. The topological polar surface area (TPSA) is 66.8 Å². The molecule has 0 radical (unpaired) electrons. The number of nitrogens with one attached hydrogen (secondary N) is 1. The SMILES string of the molecule is Fc1ccc(Nc2nc(-c3cccnc3)nc3c2CN(Cc2ccncc2)CC3)cc1. The van der Waals surface area contributed by atoms with Crippen molar-refractivity contribution in [2.75, 3.05) is 11.9 Å². The number of benzene rings is 1. The van der Waals surface area contributed by atoms with Crippen LogP contribution in [0.3, 0.4) is 0 Å². The minimum Gasteiger partial charge on any atom is -0.340 e. The molecule has 1 aromatic carbocycles. The lowest BCUT2D eigenvalue weighted by atomic mass is 10.0. The van der Waals surface area contributed by atoms with Crippen molar-refractivity contribution in [2.24, 2.45) is 0 Å². The van der Waals surface area contributed by atoms with Gasteiger partial charge in [-0.1, -0.05) is 0 Å². The van der Waals surface area contributed by atoms with Gasteiger partial charge in [0.1, 0.15) is 11.6 Å². The Balaban J connectivity index is 1.50. The fraction of sp³-hybridized carbons (Fsp3) is 0.167. The zero-order valence-electron chi connectivity index (χ0n) is 16.9. The summed E-state index contributed by atoms with van der Waals surface area (Å²) in [5.41, 5.74) is 4.97. The Morgan fingerprint density at radius 3 is 2.55 bits per heavy atom. The van der Waals surface area contributed by atoms with Gasteiger partial charge in [-0.3, -0.25) is 14.9 Å². The first-order valence-electron chi connectivity index (χ1n) is 10.2. The summed E-state index contributed by atoms with van der Waals surface area (Å²) in [6, 6.07) is 14.2. The van der Waals surface area contributed by atoms with Crippen LogP contribution in [0.5, 0.6) is 0 Å². The van der Waals surface area contributed by atoms with E-state index in [0.29, 0.717) is 5.82 Å². The smallest absolute Gasteiger partial charge is 0.163 e. The second-order valence-electron chi connectivity index (χ2n) is 7.51. The molecule has 1 aliphatic heterocycles. The number of pyridine rings is 2. The molecule has 31 heavy (non-hydrogen) atoms. The molecule has 1 N–H and O–H groups in total. The Hall–Kier alpha value is -3.71. The highest BCUT2D eigenvalue weighted by molar-refractivity contribution is 5.65. The molecular weight excluding hydrogens is 391 g/mol. The van der Waals surface area contributed by atoms with E-state index < -0.39 is 0 Å². The number of aromatic nitrogens is 4. The third-order valence-electron chi connectivity index (χ3n) is 5.32. The molecule has 0 bridgehead atoms. The highest BCUT2D eigenvalue weighted by atomic mass is 19.1. The molecule has 0 fully saturated rings. The molecule has 1 aliphatic rings. The Labute approximate surface area is 179 Å². The number of nitrogens with zero attached hydrogens (tertiary/aromatic N) is 5. The molecule has 0 unspecified atom stereocenters. The fourth-order valence-electron chi connectivity index (χ4n) is 3.75. The highest BCUT2D eigenvalue weighted by Crippen LogP contribution is 2.29. The van der Waals surface area contributed by atoms with Crippen LogP contribution in [0.1, 0.15) is 16.8 Å². The Morgan fingerprint density at radius 1 is 0.935 bits per heavy atom. The molecule has 0 amide bonds. The van der Waals surface area contributed by atoms with Crippen molar-refractivity contribution < 1.29 is 4.39 Å². The predicted molar refractivity (Wildman–Crippen MR) is 117 cm³/mol. The van der Waals surface area contributed by atoms with E-state index in [1.54, 1.807) is 24.5 Å². The van der Waals surface area contributed by atoms with Gasteiger partial charge in [-0.2, -0.15) is 0 Å². The molecule has 0 aliphatic carbocycles. The maximum Gasteiger partial charge on any atom is 0.163 e. The van der Waals surface area contributed by atoms with Crippen LogP contribution in [0.25, 0.3) is 11.4 Å². The van der Waals surface area contributed by atoms with Crippen molar-refractivity contribution in [3.8, 4) is 11.4 Å². The molecule has 0 atom stereocenters. The van der Waals surface area contributed by atoms with Gasteiger partial charge in [-0.05, 0) is 54.1 Å². The van der Waals surface area contributed by atoms with Crippen molar-refractivity contribution in [2.45, 2.75) is 19.5 Å². The van der Waals surface area contributed by atoms with Crippen LogP contribution < -0.4 is 5.32 Å². The number of hydrogen-bond acceptors (Lipinski definition) is 6. The summed E-state index contributed by atoms with van der Waals surface area (Å²) in [7, 11) is 0. The van der Waals surface area contributed by atoms with Crippen LogP contribution >= 0.6 is 0 Å². The summed E-state index contributed by atoms with van der Waals surface area (Å²) in [6.45, 7) is 2.48. The monoisotopic (exact) mass is 412 g/mol. The summed E-state index contributed by atoms with van der Waals surface area (Å²) in [4.78, 5) is 20.4. The number of rotatable bonds is 5. The van der Waals surface area contributed by atoms with Crippen LogP contribution in [0.2, 0.25) is 0 Å². The van der Waals surface area contributed by atoms with Crippen molar-refractivity contribution in [3.05, 3.63) is 96.0 Å². The third-order valence-corrected chi connectivity index (χ3v) is 5.32. The Kier molecular flexibility index (Phi) is 5.33. The molecule has 4 aromatic rings. The van der Waals surface area contributed by atoms with E-state index >= 15 is 0 Å². The van der Waals surface area contributed by atoms with E-state index in [9.17, 15) is 4.39 Å². The summed E-state index contributed by atoms with van der Waals surface area (Å²) >= 11 is 0. The number of hydrogen-bond donors (Lipinski definition) is 1. The van der Waals surface area contributed by atoms with Gasteiger partial charge in [0.25, 0.3) is 0 Å². The molecule has 7 heteroatoms. The van der Waals surface area contributed by atoms with Crippen molar-refractivity contribution in [3.63, 3.8) is 0 Å². The average molecular weight is 412 g/mol. The lowest BCUT2D eigenvalue weighted by Gasteiger charge is -2.29. The van der Waals surface area contributed by atoms with Gasteiger partial charge in [0.05, 0.1) is 5.69 Å². The first-order chi connectivity index (χ1) is 15.2. The van der Waals surface area contributed by atoms with Crippen LogP contribution in [0.4, 0.5) is 15.9 Å². The van der Waals surface area contributed by atoms with E-state index in [1.165, 1.54) is 17.7 Å². The second kappa shape index (κ2) is 8.57. The molecular formula is C24H21FN6. The summed E-state index contributed by atoms with van der Waals surface area (Å²) < 4.78 is 13.4. The molecule has 4 heterocycles. The zero-order valence-corrected chi connectivity index (χ0v) is 16.9. The van der Waals surface area contributed by atoms with Gasteiger partial charge >= 0.3 is 0 Å². The molecule has 5 rings (SSSR count). The van der Waals surface area contributed by atoms with Gasteiger partial charge in [0.15, 0.2) is 5.82 Å².